The van der Waals surface area contributed by atoms with Gasteiger partial charge in [-0.3, -0.25) is 4.99 Å². The van der Waals surface area contributed by atoms with Crippen LogP contribution in [0.3, 0.4) is 0 Å². The minimum atomic E-state index is -0.278. The quantitative estimate of drug-likeness (QED) is 0.0714. The predicted molar refractivity (Wildman–Crippen MR) is 193 cm³/mol. The Morgan fingerprint density at radius 3 is 1.42 bits per heavy atom. The maximum absolute atomic E-state index is 4.85. The first-order chi connectivity index (χ1) is 22.0. The standard InChI is InChI=1S/C41H52N4/c1-35(41(3,38-24-12-6-13-25-38)39-26-14-7-15-27-39)45-33-19-31-43-29-17-16-28-42-30-18-32-44-34-40(2,36-20-8-4-9-21-36)37-22-10-5-11-23-37/h4-15,20-27,34,42-43,45H,1,16-19,28-33H2,2-3H3. The van der Waals surface area contributed by atoms with Gasteiger partial charge in [-0.15, -0.1) is 0 Å². The van der Waals surface area contributed by atoms with Crippen molar-refractivity contribution in [3.63, 3.8) is 0 Å². The van der Waals surface area contributed by atoms with Crippen molar-refractivity contribution < 1.29 is 0 Å². The van der Waals surface area contributed by atoms with Gasteiger partial charge in [-0.1, -0.05) is 128 Å². The summed E-state index contributed by atoms with van der Waals surface area (Å²) in [6.07, 6.45) is 6.60. The van der Waals surface area contributed by atoms with Gasteiger partial charge in [-0.2, -0.15) is 0 Å². The summed E-state index contributed by atoms with van der Waals surface area (Å²) in [7, 11) is 0. The van der Waals surface area contributed by atoms with Gasteiger partial charge >= 0.3 is 0 Å². The van der Waals surface area contributed by atoms with E-state index >= 15 is 0 Å². The molecule has 236 valence electrons. The summed E-state index contributed by atoms with van der Waals surface area (Å²) in [4.78, 5) is 4.85. The molecule has 0 saturated heterocycles. The number of hydrogen-bond acceptors (Lipinski definition) is 4. The van der Waals surface area contributed by atoms with Crippen LogP contribution in [0.4, 0.5) is 0 Å². The molecule has 0 aliphatic rings. The summed E-state index contributed by atoms with van der Waals surface area (Å²) in [5.74, 6) is 0. The normalized spacial score (nSPS) is 12.0. The average molecular weight is 601 g/mol. The largest absolute Gasteiger partial charge is 0.388 e. The lowest BCUT2D eigenvalue weighted by Gasteiger charge is -2.34. The van der Waals surface area contributed by atoms with Crippen molar-refractivity contribution in [1.82, 2.24) is 16.0 Å². The fourth-order valence-corrected chi connectivity index (χ4v) is 5.86. The zero-order valence-corrected chi connectivity index (χ0v) is 27.3. The summed E-state index contributed by atoms with van der Waals surface area (Å²) in [5.41, 5.74) is 5.57. The summed E-state index contributed by atoms with van der Waals surface area (Å²) >= 11 is 0. The van der Waals surface area contributed by atoms with Gasteiger partial charge in [0.05, 0.1) is 10.8 Å². The highest BCUT2D eigenvalue weighted by Gasteiger charge is 2.32. The zero-order chi connectivity index (χ0) is 31.6. The molecule has 0 amide bonds. The topological polar surface area (TPSA) is 48.4 Å². The van der Waals surface area contributed by atoms with E-state index in [4.69, 9.17) is 4.99 Å². The summed E-state index contributed by atoms with van der Waals surface area (Å²) in [6.45, 7) is 14.8. The fourth-order valence-electron chi connectivity index (χ4n) is 5.86. The highest BCUT2D eigenvalue weighted by molar-refractivity contribution is 5.78. The minimum absolute atomic E-state index is 0.224. The number of hydrogen-bond donors (Lipinski definition) is 3. The van der Waals surface area contributed by atoms with Crippen LogP contribution in [-0.4, -0.2) is 45.5 Å². The third kappa shape index (κ3) is 9.75. The van der Waals surface area contributed by atoms with Gasteiger partial charge in [0.15, 0.2) is 0 Å². The molecule has 45 heavy (non-hydrogen) atoms. The second-order valence-corrected chi connectivity index (χ2v) is 12.1. The third-order valence-corrected chi connectivity index (χ3v) is 8.87. The molecule has 0 atom stereocenters. The Morgan fingerprint density at radius 1 is 0.556 bits per heavy atom. The van der Waals surface area contributed by atoms with Crippen LogP contribution in [-0.2, 0) is 10.8 Å². The Labute approximate surface area is 272 Å². The maximum atomic E-state index is 4.85. The number of benzene rings is 4. The van der Waals surface area contributed by atoms with Crippen LogP contribution in [0.1, 0.15) is 61.8 Å². The molecule has 4 nitrogen and oxygen atoms in total. The molecule has 0 unspecified atom stereocenters. The number of aliphatic imine (C=N–C) groups is 1. The summed E-state index contributed by atoms with van der Waals surface area (Å²) in [6, 6.07) is 42.7. The van der Waals surface area contributed by atoms with Crippen molar-refractivity contribution >= 4 is 6.21 Å². The molecule has 0 spiro atoms. The summed E-state index contributed by atoms with van der Waals surface area (Å²) < 4.78 is 0. The molecule has 0 radical (unpaired) electrons. The molecule has 4 aromatic rings. The van der Waals surface area contributed by atoms with E-state index in [1.165, 1.54) is 35.1 Å². The first kappa shape index (κ1) is 33.9. The number of allylic oxidation sites excluding steroid dienone is 1. The second kappa shape index (κ2) is 18.1. The first-order valence-corrected chi connectivity index (χ1v) is 16.6. The molecule has 4 aromatic carbocycles. The lowest BCUT2D eigenvalue weighted by molar-refractivity contribution is 0.549. The lowest BCUT2D eigenvalue weighted by atomic mass is 9.74. The van der Waals surface area contributed by atoms with E-state index in [2.05, 4.69) is 164 Å². The molecule has 4 rings (SSSR count). The van der Waals surface area contributed by atoms with E-state index < -0.39 is 0 Å². The zero-order valence-electron chi connectivity index (χ0n) is 27.3. The molecule has 0 heterocycles. The summed E-state index contributed by atoms with van der Waals surface area (Å²) in [5, 5.41) is 10.8. The van der Waals surface area contributed by atoms with Crippen molar-refractivity contribution in [3.8, 4) is 0 Å². The SMILES string of the molecule is C=C(NCCCNCCCCNCCCN=CC(C)(c1ccccc1)c1ccccc1)C(C)(c1ccccc1)c1ccccc1. The number of nitrogens with zero attached hydrogens (tertiary/aromatic N) is 1. The van der Waals surface area contributed by atoms with Gasteiger partial charge in [0.25, 0.3) is 0 Å². The second-order valence-electron chi connectivity index (χ2n) is 12.1. The monoisotopic (exact) mass is 600 g/mol. The van der Waals surface area contributed by atoms with Crippen LogP contribution in [0.15, 0.2) is 139 Å². The Bertz CT molecular complexity index is 1320. The van der Waals surface area contributed by atoms with Crippen LogP contribution < -0.4 is 16.0 Å². The van der Waals surface area contributed by atoms with E-state index in [0.29, 0.717) is 0 Å². The van der Waals surface area contributed by atoms with E-state index in [0.717, 1.165) is 57.8 Å². The fraction of sp³-hybridized carbons (Fsp3) is 0.341. The number of nitrogens with one attached hydrogen (secondary N) is 3. The van der Waals surface area contributed by atoms with Crippen molar-refractivity contribution in [2.45, 2.75) is 50.4 Å². The lowest BCUT2D eigenvalue weighted by Crippen LogP contribution is -2.35. The Kier molecular flexibility index (Phi) is 13.6. The van der Waals surface area contributed by atoms with E-state index in [1.54, 1.807) is 0 Å². The minimum Gasteiger partial charge on any atom is -0.388 e. The first-order valence-electron chi connectivity index (χ1n) is 16.6. The van der Waals surface area contributed by atoms with Gasteiger partial charge in [0.1, 0.15) is 0 Å². The van der Waals surface area contributed by atoms with Crippen molar-refractivity contribution in [3.05, 3.63) is 156 Å². The molecule has 0 aromatic heterocycles. The molecule has 4 heteroatoms. The molecule has 0 saturated carbocycles. The molecule has 0 aliphatic carbocycles. The highest BCUT2D eigenvalue weighted by atomic mass is 14.9. The van der Waals surface area contributed by atoms with Gasteiger partial charge in [-0.25, -0.2) is 0 Å². The van der Waals surface area contributed by atoms with E-state index in [-0.39, 0.29) is 10.8 Å². The Hall–Kier alpha value is -3.99. The van der Waals surface area contributed by atoms with Crippen LogP contribution in [0.2, 0.25) is 0 Å². The predicted octanol–water partition coefficient (Wildman–Crippen LogP) is 7.91. The van der Waals surface area contributed by atoms with Crippen LogP contribution in [0.25, 0.3) is 0 Å². The molecular weight excluding hydrogens is 548 g/mol. The number of unbranched alkanes of at least 4 members (excludes halogenated alkanes) is 1. The van der Waals surface area contributed by atoms with E-state index in [1.807, 2.05) is 0 Å². The van der Waals surface area contributed by atoms with Gasteiger partial charge in [0, 0.05) is 25.0 Å². The van der Waals surface area contributed by atoms with Crippen LogP contribution >= 0.6 is 0 Å². The molecule has 0 aliphatic heterocycles. The Morgan fingerprint density at radius 2 is 0.956 bits per heavy atom. The Balaban J connectivity index is 1.06. The van der Waals surface area contributed by atoms with Crippen molar-refractivity contribution in [2.24, 2.45) is 4.99 Å². The van der Waals surface area contributed by atoms with E-state index in [9.17, 15) is 0 Å². The molecular formula is C41H52N4. The molecule has 0 fully saturated rings. The van der Waals surface area contributed by atoms with Gasteiger partial charge in [0.2, 0.25) is 0 Å². The van der Waals surface area contributed by atoms with Crippen LogP contribution in [0, 0.1) is 0 Å². The van der Waals surface area contributed by atoms with Gasteiger partial charge < -0.3 is 16.0 Å². The maximum Gasteiger partial charge on any atom is 0.0564 e. The number of rotatable bonds is 20. The molecule has 0 bridgehead atoms. The molecule has 3 N–H and O–H groups in total. The highest BCUT2D eigenvalue weighted by Crippen LogP contribution is 2.36. The van der Waals surface area contributed by atoms with Crippen LogP contribution in [0.5, 0.6) is 0 Å². The average Bonchev–Trinajstić information content (AvgIpc) is 3.10. The van der Waals surface area contributed by atoms with Gasteiger partial charge in [-0.05, 0) is 88.0 Å². The third-order valence-electron chi connectivity index (χ3n) is 8.87. The smallest absolute Gasteiger partial charge is 0.0564 e. The van der Waals surface area contributed by atoms with Crippen molar-refractivity contribution in [1.29, 1.82) is 0 Å². The van der Waals surface area contributed by atoms with Crippen molar-refractivity contribution in [2.75, 3.05) is 39.3 Å².